The molecule has 0 saturated heterocycles. The molecule has 0 unspecified atom stereocenters. The Morgan fingerprint density at radius 2 is 1.85 bits per heavy atom. The van der Waals surface area contributed by atoms with Crippen LogP contribution in [0.3, 0.4) is 0 Å². The first-order chi connectivity index (χ1) is 9.49. The predicted octanol–water partition coefficient (Wildman–Crippen LogP) is 0.840. The minimum absolute atomic E-state index is 0.130. The normalized spacial score (nSPS) is 11.7. The highest BCUT2D eigenvalue weighted by Crippen LogP contribution is 2.08. The van der Waals surface area contributed by atoms with Crippen molar-refractivity contribution in [2.75, 3.05) is 0 Å². The highest BCUT2D eigenvalue weighted by molar-refractivity contribution is 7.89. The molecule has 0 atom stereocenters. The Labute approximate surface area is 118 Å². The van der Waals surface area contributed by atoms with E-state index in [0.717, 1.165) is 24.2 Å². The number of nitrogens with one attached hydrogen (secondary N) is 1. The molecule has 0 bridgehead atoms. The molecular weight excluding hydrogens is 276 g/mol. The van der Waals surface area contributed by atoms with Crippen molar-refractivity contribution in [2.45, 2.75) is 31.5 Å². The summed E-state index contributed by atoms with van der Waals surface area (Å²) in [6.45, 7) is 4.27. The van der Waals surface area contributed by atoms with Crippen LogP contribution < -0.4 is 10.5 Å². The molecule has 1 heterocycles. The molecule has 7 heteroatoms. The van der Waals surface area contributed by atoms with Crippen LogP contribution in [0.5, 0.6) is 0 Å². The lowest BCUT2D eigenvalue weighted by Gasteiger charge is -2.04. The second-order valence-electron chi connectivity index (χ2n) is 4.50. The van der Waals surface area contributed by atoms with E-state index in [9.17, 15) is 8.42 Å². The van der Waals surface area contributed by atoms with Gasteiger partial charge in [0.2, 0.25) is 10.0 Å². The molecule has 1 aromatic heterocycles. The first kappa shape index (κ1) is 14.7. The maximum absolute atomic E-state index is 11.1. The van der Waals surface area contributed by atoms with Crippen LogP contribution in [0, 0.1) is 0 Å². The minimum atomic E-state index is -3.61. The molecule has 0 aliphatic rings. The summed E-state index contributed by atoms with van der Waals surface area (Å²) in [5.41, 5.74) is 2.12. The van der Waals surface area contributed by atoms with Gasteiger partial charge in [-0.25, -0.2) is 13.6 Å². The molecule has 2 rings (SSSR count). The lowest BCUT2D eigenvalue weighted by Crippen LogP contribution is -2.14. The van der Waals surface area contributed by atoms with Crippen molar-refractivity contribution >= 4 is 10.0 Å². The number of hydrogen-bond donors (Lipinski definition) is 2. The molecule has 20 heavy (non-hydrogen) atoms. The van der Waals surface area contributed by atoms with Gasteiger partial charge in [0.05, 0.1) is 11.1 Å². The summed E-state index contributed by atoms with van der Waals surface area (Å²) in [6, 6.07) is 6.54. The van der Waals surface area contributed by atoms with Crippen molar-refractivity contribution in [2.24, 2.45) is 5.14 Å². The fourth-order valence-electron chi connectivity index (χ4n) is 1.82. The molecule has 1 aromatic carbocycles. The summed E-state index contributed by atoms with van der Waals surface area (Å²) in [6.07, 6.45) is 3.83. The third-order valence-corrected chi connectivity index (χ3v) is 3.85. The van der Waals surface area contributed by atoms with Crippen molar-refractivity contribution in [3.8, 4) is 0 Å². The summed E-state index contributed by atoms with van der Waals surface area (Å²) >= 11 is 0. The highest BCUT2D eigenvalue weighted by Gasteiger charge is 2.06. The number of hydrogen-bond acceptors (Lipinski definition) is 4. The number of rotatable bonds is 6. The second-order valence-corrected chi connectivity index (χ2v) is 6.06. The van der Waals surface area contributed by atoms with Gasteiger partial charge in [0.25, 0.3) is 0 Å². The number of benzene rings is 1. The summed E-state index contributed by atoms with van der Waals surface area (Å²) in [4.78, 5) is 0.130. The van der Waals surface area contributed by atoms with Crippen LogP contribution >= 0.6 is 0 Å². The Morgan fingerprint density at radius 3 is 2.40 bits per heavy atom. The quantitative estimate of drug-likeness (QED) is 0.826. The molecule has 6 nitrogen and oxygen atoms in total. The lowest BCUT2D eigenvalue weighted by atomic mass is 10.2. The molecule has 0 saturated carbocycles. The van der Waals surface area contributed by atoms with Gasteiger partial charge in [-0.1, -0.05) is 12.1 Å². The molecular formula is C13H18N4O2S. The van der Waals surface area contributed by atoms with Gasteiger partial charge >= 0.3 is 0 Å². The third kappa shape index (κ3) is 3.89. The molecule has 0 fully saturated rings. The van der Waals surface area contributed by atoms with Crippen molar-refractivity contribution in [1.82, 2.24) is 15.1 Å². The maximum atomic E-state index is 11.1. The average molecular weight is 294 g/mol. The molecule has 0 radical (unpaired) electrons. The molecule has 0 aliphatic carbocycles. The van der Waals surface area contributed by atoms with Crippen molar-refractivity contribution < 1.29 is 8.42 Å². The van der Waals surface area contributed by atoms with E-state index in [1.54, 1.807) is 12.1 Å². The van der Waals surface area contributed by atoms with Gasteiger partial charge in [0, 0.05) is 31.4 Å². The van der Waals surface area contributed by atoms with Gasteiger partial charge < -0.3 is 5.32 Å². The Bertz CT molecular complexity index is 662. The number of aryl methyl sites for hydroxylation is 1. The number of nitrogens with two attached hydrogens (primary N) is 1. The van der Waals surface area contributed by atoms with E-state index in [2.05, 4.69) is 10.4 Å². The number of aromatic nitrogens is 2. The largest absolute Gasteiger partial charge is 0.309 e. The average Bonchev–Trinajstić information content (AvgIpc) is 2.86. The number of nitrogens with zero attached hydrogens (tertiary/aromatic N) is 2. The van der Waals surface area contributed by atoms with Gasteiger partial charge in [0.1, 0.15) is 0 Å². The van der Waals surface area contributed by atoms with Crippen LogP contribution in [0.1, 0.15) is 18.1 Å². The fraction of sp³-hybridized carbons (Fsp3) is 0.308. The van der Waals surface area contributed by atoms with Gasteiger partial charge in [0.15, 0.2) is 0 Å². The fourth-order valence-corrected chi connectivity index (χ4v) is 2.33. The zero-order valence-electron chi connectivity index (χ0n) is 11.3. The van der Waals surface area contributed by atoms with E-state index in [1.807, 2.05) is 24.0 Å². The van der Waals surface area contributed by atoms with Gasteiger partial charge in [-0.05, 0) is 24.6 Å². The molecule has 3 N–H and O–H groups in total. The minimum Gasteiger partial charge on any atom is -0.309 e. The zero-order chi connectivity index (χ0) is 14.6. The third-order valence-electron chi connectivity index (χ3n) is 2.92. The SMILES string of the molecule is CCn1cc(CNCc2ccc(S(N)(=O)=O)cc2)cn1. The van der Waals surface area contributed by atoms with Gasteiger partial charge in [-0.15, -0.1) is 0 Å². The van der Waals surface area contributed by atoms with Gasteiger partial charge in [-0.3, -0.25) is 4.68 Å². The maximum Gasteiger partial charge on any atom is 0.238 e. The summed E-state index contributed by atoms with van der Waals surface area (Å²) in [7, 11) is -3.61. The van der Waals surface area contributed by atoms with Crippen LogP contribution in [-0.4, -0.2) is 18.2 Å². The molecule has 2 aromatic rings. The van der Waals surface area contributed by atoms with Crippen molar-refractivity contribution in [3.05, 3.63) is 47.8 Å². The van der Waals surface area contributed by atoms with Crippen molar-refractivity contribution in [1.29, 1.82) is 0 Å². The Kier molecular flexibility index (Phi) is 4.53. The Balaban J connectivity index is 1.88. The van der Waals surface area contributed by atoms with Crippen LogP contribution in [0.25, 0.3) is 0 Å². The van der Waals surface area contributed by atoms with Crippen molar-refractivity contribution in [3.63, 3.8) is 0 Å². The van der Waals surface area contributed by atoms with E-state index in [0.29, 0.717) is 6.54 Å². The van der Waals surface area contributed by atoms with Gasteiger partial charge in [-0.2, -0.15) is 5.10 Å². The van der Waals surface area contributed by atoms with E-state index in [-0.39, 0.29) is 4.90 Å². The Morgan fingerprint density at radius 1 is 1.20 bits per heavy atom. The Hall–Kier alpha value is -1.70. The standard InChI is InChI=1S/C13H18N4O2S/c1-2-17-10-12(9-16-17)8-15-7-11-3-5-13(6-4-11)20(14,18)19/h3-6,9-10,15H,2,7-8H2,1H3,(H2,14,18,19). The van der Waals surface area contributed by atoms with E-state index >= 15 is 0 Å². The molecule has 0 aliphatic heterocycles. The van der Waals surface area contributed by atoms with E-state index in [4.69, 9.17) is 5.14 Å². The van der Waals surface area contributed by atoms with E-state index in [1.165, 1.54) is 12.1 Å². The predicted molar refractivity (Wildman–Crippen MR) is 76.3 cm³/mol. The molecule has 0 amide bonds. The summed E-state index contributed by atoms with van der Waals surface area (Å²) in [5, 5.41) is 12.5. The van der Waals surface area contributed by atoms with Crippen LogP contribution in [0.2, 0.25) is 0 Å². The number of sulfonamides is 1. The highest BCUT2D eigenvalue weighted by atomic mass is 32.2. The summed E-state index contributed by atoms with van der Waals surface area (Å²) < 4.78 is 24.1. The second kappa shape index (κ2) is 6.17. The summed E-state index contributed by atoms with van der Waals surface area (Å²) in [5.74, 6) is 0. The van der Waals surface area contributed by atoms with Crippen LogP contribution in [0.15, 0.2) is 41.6 Å². The van der Waals surface area contributed by atoms with E-state index < -0.39 is 10.0 Å². The van der Waals surface area contributed by atoms with Crippen LogP contribution in [-0.2, 0) is 29.7 Å². The first-order valence-corrected chi connectivity index (χ1v) is 7.87. The zero-order valence-corrected chi connectivity index (χ0v) is 12.1. The van der Waals surface area contributed by atoms with Crippen LogP contribution in [0.4, 0.5) is 0 Å². The molecule has 108 valence electrons. The smallest absolute Gasteiger partial charge is 0.238 e. The topological polar surface area (TPSA) is 90.0 Å². The number of primary sulfonamides is 1. The molecule has 0 spiro atoms. The lowest BCUT2D eigenvalue weighted by molar-refractivity contribution is 0.597. The first-order valence-electron chi connectivity index (χ1n) is 6.33. The monoisotopic (exact) mass is 294 g/mol.